The van der Waals surface area contributed by atoms with Gasteiger partial charge in [0, 0.05) is 17.9 Å². The number of methoxy groups -OCH3 is 1. The van der Waals surface area contributed by atoms with Gasteiger partial charge in [0.05, 0.1) is 28.3 Å². The molecule has 1 amide bonds. The van der Waals surface area contributed by atoms with Crippen LogP contribution in [-0.2, 0) is 4.79 Å². The largest absolute Gasteiger partial charge is 0.496 e. The van der Waals surface area contributed by atoms with Crippen LogP contribution in [0, 0.1) is 6.92 Å². The van der Waals surface area contributed by atoms with E-state index in [9.17, 15) is 4.79 Å². The number of fused-ring (bicyclic) bond motifs is 2. The molecule has 0 bridgehead atoms. The molecule has 1 aliphatic rings. The molecule has 146 valence electrons. The topological polar surface area (TPSA) is 84.8 Å². The number of halogens is 1. The van der Waals surface area contributed by atoms with E-state index < -0.39 is 0 Å². The highest BCUT2D eigenvalue weighted by atomic mass is 79.9. The number of hydrogen-bond acceptors (Lipinski definition) is 4. The molecule has 3 heterocycles. The number of nitrogens with zero attached hydrogens (tertiary/aromatic N) is 3. The van der Waals surface area contributed by atoms with Crippen molar-refractivity contribution in [3.05, 3.63) is 63.8 Å². The van der Waals surface area contributed by atoms with Gasteiger partial charge in [-0.3, -0.25) is 4.79 Å². The first-order valence-electron chi connectivity index (χ1n) is 9.23. The van der Waals surface area contributed by atoms with Gasteiger partial charge in [0.25, 0.3) is 0 Å². The lowest BCUT2D eigenvalue weighted by Crippen LogP contribution is -2.25. The maximum absolute atomic E-state index is 12.6. The highest BCUT2D eigenvalue weighted by molar-refractivity contribution is 9.10. The number of carbonyl (C=O) groups is 1. The molecular formula is C21H18BrN5O2. The molecule has 0 saturated carbocycles. The Morgan fingerprint density at radius 1 is 1.24 bits per heavy atom. The summed E-state index contributed by atoms with van der Waals surface area (Å²) in [6.07, 6.45) is 0.360. The monoisotopic (exact) mass is 451 g/mol. The van der Waals surface area contributed by atoms with Crippen LogP contribution in [0.4, 0.5) is 5.82 Å². The minimum Gasteiger partial charge on any atom is -0.496 e. The second-order valence-electron chi connectivity index (χ2n) is 7.04. The number of rotatable bonds is 3. The number of anilines is 1. The standard InChI is InChI=1S/C21H18BrN5O2/c1-11-19-13(12-7-8-17(29-2)14(22)9-12)10-18(28)25-20(19)27(26-11)21-23-15-5-3-4-6-16(15)24-21/h3-9,13H,10H2,1-2H3,(H,23,24)(H,25,28)/t13-/m0/s1. The Kier molecular flexibility index (Phi) is 4.16. The number of hydrogen-bond donors (Lipinski definition) is 2. The Hall–Kier alpha value is -3.13. The fraction of sp³-hybridized carbons (Fsp3) is 0.190. The van der Waals surface area contributed by atoms with E-state index in [0.717, 1.165) is 38.1 Å². The van der Waals surface area contributed by atoms with Gasteiger partial charge in [-0.15, -0.1) is 0 Å². The number of aryl methyl sites for hydroxylation is 1. The maximum atomic E-state index is 12.6. The fourth-order valence-electron chi connectivity index (χ4n) is 3.92. The van der Waals surface area contributed by atoms with Gasteiger partial charge < -0.3 is 15.0 Å². The third-order valence-corrected chi connectivity index (χ3v) is 5.88. The molecule has 0 radical (unpaired) electrons. The van der Waals surface area contributed by atoms with E-state index in [0.29, 0.717) is 18.2 Å². The average Bonchev–Trinajstić information content (AvgIpc) is 3.28. The summed E-state index contributed by atoms with van der Waals surface area (Å²) in [5.41, 5.74) is 4.66. The van der Waals surface area contributed by atoms with Crippen LogP contribution in [0.25, 0.3) is 17.0 Å². The molecule has 29 heavy (non-hydrogen) atoms. The van der Waals surface area contributed by atoms with E-state index in [1.165, 1.54) is 0 Å². The first-order valence-corrected chi connectivity index (χ1v) is 10.0. The summed E-state index contributed by atoms with van der Waals surface area (Å²) in [5, 5.41) is 7.69. The summed E-state index contributed by atoms with van der Waals surface area (Å²) >= 11 is 3.55. The Morgan fingerprint density at radius 2 is 2.07 bits per heavy atom. The summed E-state index contributed by atoms with van der Waals surface area (Å²) in [5.74, 6) is 1.84. The van der Waals surface area contributed by atoms with Crippen LogP contribution in [-0.4, -0.2) is 32.8 Å². The molecule has 2 N–H and O–H groups in total. The Morgan fingerprint density at radius 3 is 2.83 bits per heavy atom. The molecular weight excluding hydrogens is 434 g/mol. The van der Waals surface area contributed by atoms with Crippen molar-refractivity contribution in [3.63, 3.8) is 0 Å². The number of nitrogens with one attached hydrogen (secondary N) is 2. The van der Waals surface area contributed by atoms with Gasteiger partial charge in [0.1, 0.15) is 11.6 Å². The molecule has 0 fully saturated rings. The number of amides is 1. The van der Waals surface area contributed by atoms with Crippen LogP contribution in [0.1, 0.15) is 29.2 Å². The molecule has 1 aliphatic heterocycles. The van der Waals surface area contributed by atoms with Crippen LogP contribution < -0.4 is 10.1 Å². The van der Waals surface area contributed by atoms with E-state index in [1.54, 1.807) is 11.8 Å². The summed E-state index contributed by atoms with van der Waals surface area (Å²) < 4.78 is 7.88. The predicted octanol–water partition coefficient (Wildman–Crippen LogP) is 4.30. The van der Waals surface area contributed by atoms with Crippen molar-refractivity contribution < 1.29 is 9.53 Å². The molecule has 1 atom stereocenters. The lowest BCUT2D eigenvalue weighted by molar-refractivity contribution is -0.116. The number of aromatic nitrogens is 4. The van der Waals surface area contributed by atoms with Gasteiger partial charge >= 0.3 is 0 Å². The number of ether oxygens (including phenoxy) is 1. The van der Waals surface area contributed by atoms with Gasteiger partial charge in [0.15, 0.2) is 0 Å². The number of aromatic amines is 1. The zero-order valence-electron chi connectivity index (χ0n) is 15.9. The van der Waals surface area contributed by atoms with E-state index in [4.69, 9.17) is 9.84 Å². The van der Waals surface area contributed by atoms with Crippen molar-refractivity contribution in [2.45, 2.75) is 19.3 Å². The number of H-pyrrole nitrogens is 1. The zero-order chi connectivity index (χ0) is 20.1. The lowest BCUT2D eigenvalue weighted by Gasteiger charge is -2.24. The molecule has 0 unspecified atom stereocenters. The van der Waals surface area contributed by atoms with Gasteiger partial charge in [-0.2, -0.15) is 9.78 Å². The molecule has 0 aliphatic carbocycles. The highest BCUT2D eigenvalue weighted by Gasteiger charge is 2.33. The van der Waals surface area contributed by atoms with Gasteiger partial charge in [-0.05, 0) is 52.7 Å². The second kappa shape index (κ2) is 6.73. The highest BCUT2D eigenvalue weighted by Crippen LogP contribution is 2.41. The zero-order valence-corrected chi connectivity index (χ0v) is 17.4. The first-order chi connectivity index (χ1) is 14.0. The van der Waals surface area contributed by atoms with Crippen molar-refractivity contribution in [3.8, 4) is 11.7 Å². The number of benzene rings is 2. The Balaban J connectivity index is 1.65. The minimum absolute atomic E-state index is 0.0494. The molecule has 0 spiro atoms. The molecule has 4 aromatic rings. The van der Waals surface area contributed by atoms with Crippen molar-refractivity contribution >= 4 is 38.7 Å². The third-order valence-electron chi connectivity index (χ3n) is 5.26. The summed E-state index contributed by atoms with van der Waals surface area (Å²) in [6, 6.07) is 13.7. The van der Waals surface area contributed by atoms with E-state index in [1.807, 2.05) is 49.4 Å². The number of imidazole rings is 1. The SMILES string of the molecule is COc1ccc([C@@H]2CC(=O)Nc3c2c(C)nn3-c2nc3ccccc3[nH]2)cc1Br. The normalized spacial score (nSPS) is 16.0. The number of para-hydroxylation sites is 2. The minimum atomic E-state index is -0.0981. The predicted molar refractivity (Wildman–Crippen MR) is 114 cm³/mol. The third kappa shape index (κ3) is 2.91. The molecule has 0 saturated heterocycles. The van der Waals surface area contributed by atoms with Crippen LogP contribution in [0.5, 0.6) is 5.75 Å². The molecule has 7 nitrogen and oxygen atoms in total. The quantitative estimate of drug-likeness (QED) is 0.486. The van der Waals surface area contributed by atoms with Crippen molar-refractivity contribution in [2.75, 3.05) is 12.4 Å². The first kappa shape index (κ1) is 17.9. The summed E-state index contributed by atoms with van der Waals surface area (Å²) in [6.45, 7) is 1.96. The maximum Gasteiger partial charge on any atom is 0.231 e. The van der Waals surface area contributed by atoms with E-state index >= 15 is 0 Å². The van der Waals surface area contributed by atoms with Crippen LogP contribution in [0.15, 0.2) is 46.9 Å². The van der Waals surface area contributed by atoms with Crippen LogP contribution in [0.2, 0.25) is 0 Å². The van der Waals surface area contributed by atoms with Crippen LogP contribution in [0.3, 0.4) is 0 Å². The average molecular weight is 452 g/mol. The van der Waals surface area contributed by atoms with Crippen molar-refractivity contribution in [2.24, 2.45) is 0 Å². The fourth-order valence-corrected chi connectivity index (χ4v) is 4.48. The van der Waals surface area contributed by atoms with Gasteiger partial charge in [-0.25, -0.2) is 4.98 Å². The van der Waals surface area contributed by atoms with E-state index in [-0.39, 0.29) is 11.8 Å². The Labute approximate surface area is 175 Å². The lowest BCUT2D eigenvalue weighted by atomic mass is 9.86. The summed E-state index contributed by atoms with van der Waals surface area (Å²) in [4.78, 5) is 20.5. The molecule has 2 aromatic heterocycles. The van der Waals surface area contributed by atoms with E-state index in [2.05, 4.69) is 31.2 Å². The van der Waals surface area contributed by atoms with Crippen molar-refractivity contribution in [1.29, 1.82) is 0 Å². The number of carbonyl (C=O) groups excluding carboxylic acids is 1. The molecule has 8 heteroatoms. The second-order valence-corrected chi connectivity index (χ2v) is 7.89. The summed E-state index contributed by atoms with van der Waals surface area (Å²) in [7, 11) is 1.63. The Bertz CT molecular complexity index is 1230. The smallest absolute Gasteiger partial charge is 0.231 e. The van der Waals surface area contributed by atoms with Gasteiger partial charge in [0.2, 0.25) is 11.9 Å². The molecule has 5 rings (SSSR count). The molecule has 2 aromatic carbocycles. The van der Waals surface area contributed by atoms with Crippen molar-refractivity contribution in [1.82, 2.24) is 19.7 Å². The van der Waals surface area contributed by atoms with Crippen LogP contribution >= 0.6 is 15.9 Å². The van der Waals surface area contributed by atoms with Gasteiger partial charge in [-0.1, -0.05) is 18.2 Å².